The number of carbonyl (C=O) groups is 1. The summed E-state index contributed by atoms with van der Waals surface area (Å²) in [4.78, 5) is 24.3. The van der Waals surface area contributed by atoms with Crippen LogP contribution in [-0.2, 0) is 11.3 Å². The molecule has 1 amide bonds. The van der Waals surface area contributed by atoms with Gasteiger partial charge in [-0.25, -0.2) is 4.79 Å². The van der Waals surface area contributed by atoms with E-state index in [0.29, 0.717) is 5.69 Å². The minimum Gasteiger partial charge on any atom is -0.443 e. The molecule has 24 heavy (non-hydrogen) atoms. The number of para-hydroxylation sites is 1. The summed E-state index contributed by atoms with van der Waals surface area (Å²) in [6, 6.07) is 15.3. The van der Waals surface area contributed by atoms with E-state index >= 15 is 0 Å². The first-order valence-electron chi connectivity index (χ1n) is 7.55. The van der Waals surface area contributed by atoms with E-state index < -0.39 is 16.6 Å². The monoisotopic (exact) mass is 328 g/mol. The van der Waals surface area contributed by atoms with Gasteiger partial charge in [0.15, 0.2) is 0 Å². The molecule has 0 aliphatic carbocycles. The number of hydrogen-bond donors (Lipinski definition) is 0. The van der Waals surface area contributed by atoms with Gasteiger partial charge in [-0.15, -0.1) is 0 Å². The maximum atomic E-state index is 12.5. The van der Waals surface area contributed by atoms with Gasteiger partial charge in [0.2, 0.25) is 0 Å². The van der Waals surface area contributed by atoms with E-state index in [9.17, 15) is 14.9 Å². The molecular weight excluding hydrogens is 308 g/mol. The first kappa shape index (κ1) is 17.5. The summed E-state index contributed by atoms with van der Waals surface area (Å²) in [7, 11) is 0. The highest BCUT2D eigenvalue weighted by atomic mass is 16.6. The molecule has 126 valence electrons. The number of hydrogen-bond acceptors (Lipinski definition) is 4. The molecule has 0 unspecified atom stereocenters. The molecule has 6 nitrogen and oxygen atoms in total. The molecule has 2 aromatic rings. The van der Waals surface area contributed by atoms with E-state index in [1.54, 1.807) is 32.9 Å². The lowest BCUT2D eigenvalue weighted by Crippen LogP contribution is -2.36. The summed E-state index contributed by atoms with van der Waals surface area (Å²) in [6.45, 7) is 5.68. The normalized spacial score (nSPS) is 11.0. The van der Waals surface area contributed by atoms with Crippen molar-refractivity contribution < 1.29 is 14.5 Å². The number of nitro groups is 1. The van der Waals surface area contributed by atoms with Crippen molar-refractivity contribution in [2.75, 3.05) is 4.90 Å². The summed E-state index contributed by atoms with van der Waals surface area (Å²) < 4.78 is 5.47. The predicted octanol–water partition coefficient (Wildman–Crippen LogP) is 4.54. The lowest BCUT2D eigenvalue weighted by Gasteiger charge is -2.27. The fourth-order valence-corrected chi connectivity index (χ4v) is 2.09. The van der Waals surface area contributed by atoms with Crippen LogP contribution in [0.5, 0.6) is 0 Å². The van der Waals surface area contributed by atoms with Crippen molar-refractivity contribution in [2.45, 2.75) is 32.9 Å². The van der Waals surface area contributed by atoms with E-state index in [-0.39, 0.29) is 12.2 Å². The fraction of sp³-hybridized carbons (Fsp3) is 0.278. The number of anilines is 1. The van der Waals surface area contributed by atoms with Gasteiger partial charge in [-0.1, -0.05) is 30.3 Å². The van der Waals surface area contributed by atoms with Gasteiger partial charge in [0.25, 0.3) is 5.69 Å². The molecule has 2 rings (SSSR count). The maximum absolute atomic E-state index is 12.5. The first-order chi connectivity index (χ1) is 11.3. The molecule has 0 bridgehead atoms. The van der Waals surface area contributed by atoms with Crippen LogP contribution >= 0.6 is 0 Å². The summed E-state index contributed by atoms with van der Waals surface area (Å²) in [5.74, 6) is 0. The molecule has 0 aliphatic rings. The Balaban J connectivity index is 2.26. The Morgan fingerprint density at radius 2 is 1.67 bits per heavy atom. The maximum Gasteiger partial charge on any atom is 0.415 e. The van der Waals surface area contributed by atoms with Crippen molar-refractivity contribution in [1.29, 1.82) is 0 Å². The van der Waals surface area contributed by atoms with Gasteiger partial charge >= 0.3 is 6.09 Å². The van der Waals surface area contributed by atoms with Crippen molar-refractivity contribution in [1.82, 2.24) is 0 Å². The second-order valence-electron chi connectivity index (χ2n) is 6.33. The molecule has 6 heteroatoms. The Kier molecular flexibility index (Phi) is 5.18. The van der Waals surface area contributed by atoms with Crippen LogP contribution in [-0.4, -0.2) is 16.6 Å². The summed E-state index contributed by atoms with van der Waals surface area (Å²) in [5, 5.41) is 10.7. The molecule has 2 aromatic carbocycles. The van der Waals surface area contributed by atoms with E-state index in [2.05, 4.69) is 0 Å². The molecule has 0 fully saturated rings. The average molecular weight is 328 g/mol. The zero-order valence-corrected chi connectivity index (χ0v) is 13.9. The topological polar surface area (TPSA) is 72.7 Å². The summed E-state index contributed by atoms with van der Waals surface area (Å²) >= 11 is 0. The molecule has 0 saturated heterocycles. The van der Waals surface area contributed by atoms with Crippen LogP contribution in [0.4, 0.5) is 16.2 Å². The summed E-state index contributed by atoms with van der Waals surface area (Å²) in [5.41, 5.74) is 0.877. The number of ether oxygens (including phenoxy) is 1. The van der Waals surface area contributed by atoms with E-state index in [0.717, 1.165) is 5.56 Å². The van der Waals surface area contributed by atoms with Crippen LogP contribution < -0.4 is 4.90 Å². The number of nitro benzene ring substituents is 1. The Morgan fingerprint density at radius 3 is 2.17 bits per heavy atom. The lowest BCUT2D eigenvalue weighted by molar-refractivity contribution is -0.384. The van der Waals surface area contributed by atoms with Gasteiger partial charge in [-0.2, -0.15) is 0 Å². The Bertz CT molecular complexity index is 706. The number of carbonyl (C=O) groups excluding carboxylic acids is 1. The SMILES string of the molecule is CC(C)(C)OC(=O)N(Cc1ccc([N+](=O)[O-])cc1)c1ccccc1. The molecule has 0 spiro atoms. The Hall–Kier alpha value is -2.89. The van der Waals surface area contributed by atoms with Crippen molar-refractivity contribution in [3.8, 4) is 0 Å². The molecule has 0 aromatic heterocycles. The minimum atomic E-state index is -0.612. The van der Waals surface area contributed by atoms with Crippen LogP contribution in [0.25, 0.3) is 0 Å². The van der Waals surface area contributed by atoms with E-state index in [4.69, 9.17) is 4.74 Å². The van der Waals surface area contributed by atoms with Crippen molar-refractivity contribution in [2.24, 2.45) is 0 Å². The number of nitrogens with zero attached hydrogens (tertiary/aromatic N) is 2. The van der Waals surface area contributed by atoms with Crippen LogP contribution in [0.15, 0.2) is 54.6 Å². The second-order valence-corrected chi connectivity index (χ2v) is 6.33. The Labute approximate surface area is 140 Å². The summed E-state index contributed by atoms with van der Waals surface area (Å²) in [6.07, 6.45) is -0.466. The van der Waals surface area contributed by atoms with Crippen molar-refractivity contribution in [3.63, 3.8) is 0 Å². The number of rotatable bonds is 4. The largest absolute Gasteiger partial charge is 0.443 e. The molecule has 0 saturated carbocycles. The third-order valence-corrected chi connectivity index (χ3v) is 3.17. The third-order valence-electron chi connectivity index (χ3n) is 3.17. The van der Waals surface area contributed by atoms with Crippen molar-refractivity contribution >= 4 is 17.5 Å². The number of non-ortho nitro benzene ring substituents is 1. The van der Waals surface area contributed by atoms with Gasteiger partial charge in [0.1, 0.15) is 5.60 Å². The standard InChI is InChI=1S/C18H20N2O4/c1-18(2,3)24-17(21)19(15-7-5-4-6-8-15)13-14-9-11-16(12-10-14)20(22)23/h4-12H,13H2,1-3H3. The zero-order valence-electron chi connectivity index (χ0n) is 13.9. The second kappa shape index (κ2) is 7.12. The van der Waals surface area contributed by atoms with Gasteiger partial charge in [-0.3, -0.25) is 15.0 Å². The first-order valence-corrected chi connectivity index (χ1v) is 7.55. The predicted molar refractivity (Wildman–Crippen MR) is 92.0 cm³/mol. The molecule has 0 aliphatic heterocycles. The van der Waals surface area contributed by atoms with Crippen LogP contribution in [0.2, 0.25) is 0 Å². The number of benzene rings is 2. The highest BCUT2D eigenvalue weighted by Crippen LogP contribution is 2.21. The molecular formula is C18H20N2O4. The zero-order chi connectivity index (χ0) is 17.7. The van der Waals surface area contributed by atoms with Gasteiger partial charge < -0.3 is 4.74 Å². The Morgan fingerprint density at radius 1 is 1.08 bits per heavy atom. The molecule has 0 heterocycles. The third kappa shape index (κ3) is 4.81. The van der Waals surface area contributed by atoms with Gasteiger partial charge in [0.05, 0.1) is 11.5 Å². The van der Waals surface area contributed by atoms with Crippen LogP contribution in [0, 0.1) is 10.1 Å². The highest BCUT2D eigenvalue weighted by molar-refractivity contribution is 5.87. The van der Waals surface area contributed by atoms with Crippen LogP contribution in [0.3, 0.4) is 0 Å². The smallest absolute Gasteiger partial charge is 0.415 e. The minimum absolute atomic E-state index is 0.0160. The quantitative estimate of drug-likeness (QED) is 0.610. The van der Waals surface area contributed by atoms with E-state index in [1.165, 1.54) is 17.0 Å². The fourth-order valence-electron chi connectivity index (χ4n) is 2.09. The molecule has 0 N–H and O–H groups in total. The lowest BCUT2D eigenvalue weighted by atomic mass is 10.2. The van der Waals surface area contributed by atoms with Crippen molar-refractivity contribution in [3.05, 3.63) is 70.3 Å². The van der Waals surface area contributed by atoms with Crippen LogP contribution in [0.1, 0.15) is 26.3 Å². The van der Waals surface area contributed by atoms with E-state index in [1.807, 2.05) is 30.3 Å². The molecule has 0 atom stereocenters. The van der Waals surface area contributed by atoms with Gasteiger partial charge in [-0.05, 0) is 38.5 Å². The average Bonchev–Trinajstić information content (AvgIpc) is 2.52. The molecule has 0 radical (unpaired) electrons. The highest BCUT2D eigenvalue weighted by Gasteiger charge is 2.23. The van der Waals surface area contributed by atoms with Gasteiger partial charge in [0, 0.05) is 17.8 Å². The number of amides is 1.